The van der Waals surface area contributed by atoms with E-state index in [2.05, 4.69) is 21.8 Å². The number of alkyl halides is 3. The summed E-state index contributed by atoms with van der Waals surface area (Å²) in [5, 5.41) is 2.81. The molecule has 0 spiro atoms. The fourth-order valence-corrected chi connectivity index (χ4v) is 4.62. The van der Waals surface area contributed by atoms with Crippen molar-refractivity contribution in [1.82, 2.24) is 10.3 Å². The first-order valence-corrected chi connectivity index (χ1v) is 10.8. The number of aliphatic imine (C=N–C) groups is 1. The standard InChI is InChI=1S/C22H27F3N6O/c1-3-6-18(26-4-2)27-21(32)31-16-7-5-11-29(14-16)17-8-9-19(28-20(17)31)30-12-10-15(13-30)22(23,24)25/h3-4,6,8-9,15-16H,1,5,7,10-14H2,2H3,(H,27,32)/b18-6+,26-4?/t15?,16-/m0/s1. The van der Waals surface area contributed by atoms with Gasteiger partial charge in [-0.2, -0.15) is 13.2 Å². The summed E-state index contributed by atoms with van der Waals surface area (Å²) in [5.41, 5.74) is 0.819. The van der Waals surface area contributed by atoms with Crippen molar-refractivity contribution in [2.24, 2.45) is 10.9 Å². The van der Waals surface area contributed by atoms with Crippen LogP contribution in [0.1, 0.15) is 26.2 Å². The third kappa shape index (κ3) is 4.31. The van der Waals surface area contributed by atoms with Gasteiger partial charge >= 0.3 is 12.2 Å². The van der Waals surface area contributed by atoms with E-state index in [1.807, 2.05) is 6.07 Å². The number of hydrogen-bond acceptors (Lipinski definition) is 5. The van der Waals surface area contributed by atoms with Crippen molar-refractivity contribution in [1.29, 1.82) is 0 Å². The van der Waals surface area contributed by atoms with Gasteiger partial charge in [-0.3, -0.25) is 10.2 Å². The number of fused-ring (bicyclic) bond motifs is 4. The Balaban J connectivity index is 1.65. The van der Waals surface area contributed by atoms with Crippen molar-refractivity contribution in [3.63, 3.8) is 0 Å². The Bertz CT molecular complexity index is 944. The SMILES string of the molecule is C=C/C=C(\N=CC)NC(=O)N1c2nc(N3CCC(C(F)(F)F)C3)ccc2N2CCC[C@H]1C2. The highest BCUT2D eigenvalue weighted by Crippen LogP contribution is 2.41. The summed E-state index contributed by atoms with van der Waals surface area (Å²) in [6.45, 7) is 7.12. The lowest BCUT2D eigenvalue weighted by molar-refractivity contribution is -0.168. The number of piperidine rings is 1. The van der Waals surface area contributed by atoms with Crippen LogP contribution in [0.15, 0.2) is 41.7 Å². The average molecular weight is 448 g/mol. The van der Waals surface area contributed by atoms with E-state index >= 15 is 0 Å². The molecule has 32 heavy (non-hydrogen) atoms. The summed E-state index contributed by atoms with van der Waals surface area (Å²) >= 11 is 0. The van der Waals surface area contributed by atoms with Gasteiger partial charge in [-0.1, -0.05) is 12.7 Å². The molecule has 7 nitrogen and oxygen atoms in total. The van der Waals surface area contributed by atoms with E-state index < -0.39 is 12.1 Å². The molecule has 3 aliphatic rings. The molecular weight excluding hydrogens is 421 g/mol. The molecule has 1 aromatic rings. The Hall–Kier alpha value is -3.04. The van der Waals surface area contributed by atoms with Gasteiger partial charge in [-0.15, -0.1) is 0 Å². The Labute approximate surface area is 185 Å². The van der Waals surface area contributed by atoms with Gasteiger partial charge in [0.05, 0.1) is 17.6 Å². The lowest BCUT2D eigenvalue weighted by Gasteiger charge is -2.46. The molecule has 0 saturated carbocycles. The first kappa shape index (κ1) is 22.2. The zero-order chi connectivity index (χ0) is 22.9. The number of nitrogens with zero attached hydrogens (tertiary/aromatic N) is 5. The number of pyridine rings is 1. The minimum absolute atomic E-state index is 0.0476. The number of carbonyl (C=O) groups is 1. The number of urea groups is 1. The number of hydrogen-bond donors (Lipinski definition) is 1. The van der Waals surface area contributed by atoms with Crippen LogP contribution in [0.25, 0.3) is 0 Å². The molecular formula is C22H27F3N6O. The quantitative estimate of drug-likeness (QED) is 0.557. The molecule has 0 radical (unpaired) electrons. The maximum Gasteiger partial charge on any atom is 0.393 e. The Morgan fingerprint density at radius 3 is 2.75 bits per heavy atom. The first-order chi connectivity index (χ1) is 15.3. The molecule has 3 aliphatic heterocycles. The number of anilines is 3. The lowest BCUT2D eigenvalue weighted by Crippen LogP contribution is -2.57. The maximum absolute atomic E-state index is 13.3. The number of amides is 2. The predicted molar refractivity (Wildman–Crippen MR) is 119 cm³/mol. The van der Waals surface area contributed by atoms with Gasteiger partial charge < -0.3 is 9.80 Å². The van der Waals surface area contributed by atoms with Crippen LogP contribution in [0.5, 0.6) is 0 Å². The van der Waals surface area contributed by atoms with Crippen molar-refractivity contribution in [3.05, 3.63) is 36.7 Å². The van der Waals surface area contributed by atoms with E-state index in [9.17, 15) is 18.0 Å². The van der Waals surface area contributed by atoms with E-state index in [4.69, 9.17) is 4.98 Å². The highest BCUT2D eigenvalue weighted by molar-refractivity contribution is 5.97. The van der Waals surface area contributed by atoms with Gasteiger partial charge in [0.25, 0.3) is 0 Å². The smallest absolute Gasteiger partial charge is 0.366 e. The van der Waals surface area contributed by atoms with Crippen molar-refractivity contribution in [3.8, 4) is 0 Å². The Kier molecular flexibility index (Phi) is 6.12. The molecule has 1 N–H and O–H groups in total. The molecule has 0 aromatic carbocycles. The lowest BCUT2D eigenvalue weighted by atomic mass is 10.00. The molecule has 2 amide bonds. The van der Waals surface area contributed by atoms with Gasteiger partial charge in [0, 0.05) is 32.4 Å². The van der Waals surface area contributed by atoms with Crippen LogP contribution < -0.4 is 20.0 Å². The van der Waals surface area contributed by atoms with Gasteiger partial charge in [0.1, 0.15) is 11.6 Å². The third-order valence-corrected chi connectivity index (χ3v) is 6.14. The number of carbonyl (C=O) groups excluding carboxylic acids is 1. The molecule has 4 heterocycles. The van der Waals surface area contributed by atoms with Crippen LogP contribution >= 0.6 is 0 Å². The van der Waals surface area contributed by atoms with Crippen molar-refractivity contribution in [2.75, 3.05) is 40.9 Å². The van der Waals surface area contributed by atoms with Gasteiger partial charge in [0.2, 0.25) is 0 Å². The van der Waals surface area contributed by atoms with Crippen molar-refractivity contribution in [2.45, 2.75) is 38.4 Å². The summed E-state index contributed by atoms with van der Waals surface area (Å²) in [6.07, 6.45) is 2.31. The van der Waals surface area contributed by atoms with Crippen LogP contribution in [0.2, 0.25) is 0 Å². The summed E-state index contributed by atoms with van der Waals surface area (Å²) in [7, 11) is 0. The molecule has 1 aromatic heterocycles. The topological polar surface area (TPSA) is 64.1 Å². The van der Waals surface area contributed by atoms with E-state index in [0.29, 0.717) is 24.0 Å². The van der Waals surface area contributed by atoms with E-state index in [1.165, 1.54) is 6.08 Å². The maximum atomic E-state index is 13.3. The Morgan fingerprint density at radius 1 is 1.25 bits per heavy atom. The fourth-order valence-electron chi connectivity index (χ4n) is 4.62. The largest absolute Gasteiger partial charge is 0.393 e. The second kappa shape index (κ2) is 8.84. The normalized spacial score (nSPS) is 23.5. The first-order valence-electron chi connectivity index (χ1n) is 10.8. The van der Waals surface area contributed by atoms with Crippen LogP contribution in [0.3, 0.4) is 0 Å². The van der Waals surface area contributed by atoms with Gasteiger partial charge in [-0.25, -0.2) is 14.8 Å². The Morgan fingerprint density at radius 2 is 2.06 bits per heavy atom. The molecule has 10 heteroatoms. The van der Waals surface area contributed by atoms with Gasteiger partial charge in [-0.05, 0) is 44.4 Å². The third-order valence-electron chi connectivity index (χ3n) is 6.14. The number of halogens is 3. The number of rotatable bonds is 4. The van der Waals surface area contributed by atoms with Crippen LogP contribution in [0, 0.1) is 5.92 Å². The summed E-state index contributed by atoms with van der Waals surface area (Å²) in [4.78, 5) is 27.6. The fraction of sp³-hybridized carbons (Fsp3) is 0.500. The minimum atomic E-state index is -4.22. The van der Waals surface area contributed by atoms with Crippen molar-refractivity contribution < 1.29 is 18.0 Å². The van der Waals surface area contributed by atoms with Gasteiger partial charge in [0.15, 0.2) is 5.82 Å². The van der Waals surface area contributed by atoms with Crippen molar-refractivity contribution >= 4 is 29.6 Å². The number of aromatic nitrogens is 1. The molecule has 2 atom stereocenters. The molecule has 4 rings (SSSR count). The van der Waals surface area contributed by atoms with E-state index in [-0.39, 0.29) is 31.6 Å². The monoisotopic (exact) mass is 448 g/mol. The molecule has 2 bridgehead atoms. The second-order valence-corrected chi connectivity index (χ2v) is 8.20. The predicted octanol–water partition coefficient (Wildman–Crippen LogP) is 4.09. The zero-order valence-corrected chi connectivity index (χ0v) is 18.0. The van der Waals surface area contributed by atoms with E-state index in [1.54, 1.807) is 35.1 Å². The van der Waals surface area contributed by atoms with Crippen LogP contribution in [-0.4, -0.2) is 55.6 Å². The molecule has 2 saturated heterocycles. The molecule has 1 unspecified atom stereocenters. The zero-order valence-electron chi connectivity index (χ0n) is 18.0. The number of allylic oxidation sites excluding steroid dienone is 2. The molecule has 172 valence electrons. The highest BCUT2D eigenvalue weighted by Gasteiger charge is 2.44. The minimum Gasteiger partial charge on any atom is -0.366 e. The highest BCUT2D eigenvalue weighted by atomic mass is 19.4. The van der Waals surface area contributed by atoms with Crippen LogP contribution in [0.4, 0.5) is 35.3 Å². The second-order valence-electron chi connectivity index (χ2n) is 8.20. The van der Waals surface area contributed by atoms with Crippen LogP contribution in [-0.2, 0) is 0 Å². The number of nitrogens with one attached hydrogen (secondary N) is 1. The molecule has 2 fully saturated rings. The van der Waals surface area contributed by atoms with E-state index in [0.717, 1.165) is 25.1 Å². The summed E-state index contributed by atoms with van der Waals surface area (Å²) in [5.74, 6) is -0.0647. The molecule has 0 aliphatic carbocycles. The summed E-state index contributed by atoms with van der Waals surface area (Å²) < 4.78 is 39.5. The average Bonchev–Trinajstić information content (AvgIpc) is 3.25. The summed E-state index contributed by atoms with van der Waals surface area (Å²) in [6, 6.07) is 3.19.